The molecule has 1 aromatic heterocycles. The number of hydrogen-bond acceptors (Lipinski definition) is 5. The van der Waals surface area contributed by atoms with Crippen LogP contribution in [0.3, 0.4) is 0 Å². The maximum Gasteiger partial charge on any atom is 0.260 e. The number of aryl methyl sites for hydroxylation is 2. The van der Waals surface area contributed by atoms with Gasteiger partial charge in [0.2, 0.25) is 5.13 Å². The Hall–Kier alpha value is -2.57. The van der Waals surface area contributed by atoms with Crippen LogP contribution in [0.5, 0.6) is 0 Å². The number of anilines is 1. The third-order valence-electron chi connectivity index (χ3n) is 4.05. The summed E-state index contributed by atoms with van der Waals surface area (Å²) in [5, 5.41) is 9.96. The zero-order valence-electron chi connectivity index (χ0n) is 15.1. The lowest BCUT2D eigenvalue weighted by atomic mass is 10.1. The summed E-state index contributed by atoms with van der Waals surface area (Å²) in [6.07, 6.45) is 0. The lowest BCUT2D eigenvalue weighted by Crippen LogP contribution is -2.34. The van der Waals surface area contributed by atoms with Crippen molar-refractivity contribution in [2.24, 2.45) is 0 Å². The zero-order valence-corrected chi connectivity index (χ0v) is 15.9. The SMILES string of the molecule is COCCN(C(=O)c1cccc(C)c1)c1nnc(-c2ccccc2C)s1. The molecule has 134 valence electrons. The van der Waals surface area contributed by atoms with E-state index in [9.17, 15) is 4.79 Å². The number of benzene rings is 2. The Morgan fingerprint density at radius 2 is 1.92 bits per heavy atom. The maximum atomic E-state index is 13.0. The fraction of sp³-hybridized carbons (Fsp3) is 0.250. The largest absolute Gasteiger partial charge is 0.383 e. The molecule has 0 saturated carbocycles. The Kier molecular flexibility index (Phi) is 5.75. The molecule has 3 rings (SSSR count). The molecule has 2 aromatic carbocycles. The van der Waals surface area contributed by atoms with E-state index in [0.717, 1.165) is 21.7 Å². The molecule has 0 saturated heterocycles. The summed E-state index contributed by atoms with van der Waals surface area (Å²) in [6, 6.07) is 15.6. The van der Waals surface area contributed by atoms with Crippen molar-refractivity contribution < 1.29 is 9.53 Å². The van der Waals surface area contributed by atoms with E-state index in [1.165, 1.54) is 11.3 Å². The van der Waals surface area contributed by atoms with Crippen LogP contribution >= 0.6 is 11.3 Å². The van der Waals surface area contributed by atoms with Gasteiger partial charge in [-0.3, -0.25) is 9.69 Å². The molecule has 0 fully saturated rings. The summed E-state index contributed by atoms with van der Waals surface area (Å²) in [5.41, 5.74) is 3.84. The van der Waals surface area contributed by atoms with Crippen molar-refractivity contribution in [3.63, 3.8) is 0 Å². The van der Waals surface area contributed by atoms with Crippen molar-refractivity contribution in [1.82, 2.24) is 10.2 Å². The second kappa shape index (κ2) is 8.21. The van der Waals surface area contributed by atoms with Crippen molar-refractivity contribution >= 4 is 22.4 Å². The fourth-order valence-corrected chi connectivity index (χ4v) is 3.61. The first-order valence-electron chi connectivity index (χ1n) is 8.37. The van der Waals surface area contributed by atoms with Crippen LogP contribution in [0.4, 0.5) is 5.13 Å². The quantitative estimate of drug-likeness (QED) is 0.658. The molecular weight excluding hydrogens is 346 g/mol. The minimum Gasteiger partial charge on any atom is -0.383 e. The Morgan fingerprint density at radius 3 is 2.65 bits per heavy atom. The van der Waals surface area contributed by atoms with Gasteiger partial charge in [0.15, 0.2) is 0 Å². The molecule has 1 amide bonds. The summed E-state index contributed by atoms with van der Waals surface area (Å²) in [6.45, 7) is 4.86. The molecule has 0 aliphatic rings. The standard InChI is InChI=1S/C20H21N3O2S/c1-14-7-6-9-16(13-14)19(24)23(11-12-25-3)20-22-21-18(26-20)17-10-5-4-8-15(17)2/h4-10,13H,11-12H2,1-3H3. The van der Waals surface area contributed by atoms with E-state index in [2.05, 4.69) is 10.2 Å². The summed E-state index contributed by atoms with van der Waals surface area (Å²) >= 11 is 1.41. The first-order chi connectivity index (χ1) is 12.6. The lowest BCUT2D eigenvalue weighted by Gasteiger charge is -2.19. The first-order valence-corrected chi connectivity index (χ1v) is 9.19. The summed E-state index contributed by atoms with van der Waals surface area (Å²) in [5.74, 6) is -0.0989. The molecule has 0 bridgehead atoms. The number of carbonyl (C=O) groups is 1. The van der Waals surface area contributed by atoms with Crippen LogP contribution < -0.4 is 4.90 Å². The summed E-state index contributed by atoms with van der Waals surface area (Å²) in [4.78, 5) is 14.7. The van der Waals surface area contributed by atoms with Gasteiger partial charge >= 0.3 is 0 Å². The number of nitrogens with zero attached hydrogens (tertiary/aromatic N) is 3. The molecule has 0 aliphatic heterocycles. The highest BCUT2D eigenvalue weighted by atomic mass is 32.1. The number of methoxy groups -OCH3 is 1. The van der Waals surface area contributed by atoms with Gasteiger partial charge in [-0.05, 0) is 31.5 Å². The number of aromatic nitrogens is 2. The van der Waals surface area contributed by atoms with Gasteiger partial charge in [0.1, 0.15) is 5.01 Å². The van der Waals surface area contributed by atoms with Crippen molar-refractivity contribution in [1.29, 1.82) is 0 Å². The highest BCUT2D eigenvalue weighted by Gasteiger charge is 2.22. The highest BCUT2D eigenvalue weighted by molar-refractivity contribution is 7.18. The molecule has 0 N–H and O–H groups in total. The molecular formula is C20H21N3O2S. The van der Waals surface area contributed by atoms with Crippen molar-refractivity contribution in [3.8, 4) is 10.6 Å². The monoisotopic (exact) mass is 367 g/mol. The highest BCUT2D eigenvalue weighted by Crippen LogP contribution is 2.31. The second-order valence-electron chi connectivity index (χ2n) is 6.02. The average molecular weight is 367 g/mol. The van der Waals surface area contributed by atoms with Gasteiger partial charge in [-0.1, -0.05) is 53.3 Å². The van der Waals surface area contributed by atoms with Crippen LogP contribution in [0.15, 0.2) is 48.5 Å². The van der Waals surface area contributed by atoms with Crippen LogP contribution in [0.2, 0.25) is 0 Å². The molecule has 6 heteroatoms. The van der Waals surface area contributed by atoms with E-state index >= 15 is 0 Å². The Labute approximate surface area is 157 Å². The molecule has 0 spiro atoms. The topological polar surface area (TPSA) is 55.3 Å². The van der Waals surface area contributed by atoms with Crippen LogP contribution in [-0.4, -0.2) is 36.4 Å². The molecule has 26 heavy (non-hydrogen) atoms. The number of rotatable bonds is 6. The van der Waals surface area contributed by atoms with E-state index < -0.39 is 0 Å². The van der Waals surface area contributed by atoms with E-state index in [4.69, 9.17) is 4.74 Å². The van der Waals surface area contributed by atoms with Crippen molar-refractivity contribution in [2.75, 3.05) is 25.2 Å². The number of ether oxygens (including phenoxy) is 1. The molecule has 0 aliphatic carbocycles. The maximum absolute atomic E-state index is 13.0. The van der Waals surface area contributed by atoms with Gasteiger partial charge in [0.05, 0.1) is 13.2 Å². The predicted octanol–water partition coefficient (Wildman–Crippen LogP) is 4.12. The van der Waals surface area contributed by atoms with Crippen LogP contribution in [0, 0.1) is 13.8 Å². The molecule has 5 nitrogen and oxygen atoms in total. The predicted molar refractivity (Wildman–Crippen MR) is 105 cm³/mol. The first kappa shape index (κ1) is 18.2. The minimum atomic E-state index is -0.0989. The minimum absolute atomic E-state index is 0.0989. The van der Waals surface area contributed by atoms with E-state index in [1.807, 2.05) is 62.4 Å². The smallest absolute Gasteiger partial charge is 0.260 e. The van der Waals surface area contributed by atoms with Crippen LogP contribution in [-0.2, 0) is 4.74 Å². The Balaban J connectivity index is 1.93. The molecule has 3 aromatic rings. The average Bonchev–Trinajstić information content (AvgIpc) is 3.12. The number of hydrogen-bond donors (Lipinski definition) is 0. The van der Waals surface area contributed by atoms with E-state index in [0.29, 0.717) is 23.8 Å². The number of carbonyl (C=O) groups excluding carboxylic acids is 1. The van der Waals surface area contributed by atoms with Gasteiger partial charge in [0.25, 0.3) is 5.91 Å². The Morgan fingerprint density at radius 1 is 1.12 bits per heavy atom. The van der Waals surface area contributed by atoms with Gasteiger partial charge in [0, 0.05) is 18.2 Å². The zero-order chi connectivity index (χ0) is 18.5. The van der Waals surface area contributed by atoms with Gasteiger partial charge in [-0.2, -0.15) is 0 Å². The molecule has 0 radical (unpaired) electrons. The summed E-state index contributed by atoms with van der Waals surface area (Å²) < 4.78 is 5.18. The molecule has 0 unspecified atom stereocenters. The van der Waals surface area contributed by atoms with Crippen LogP contribution in [0.25, 0.3) is 10.6 Å². The third-order valence-corrected chi connectivity index (χ3v) is 5.03. The normalized spacial score (nSPS) is 10.7. The molecule has 1 heterocycles. The van der Waals surface area contributed by atoms with Gasteiger partial charge in [-0.25, -0.2) is 0 Å². The summed E-state index contributed by atoms with van der Waals surface area (Å²) in [7, 11) is 1.62. The van der Waals surface area contributed by atoms with Crippen molar-refractivity contribution in [3.05, 3.63) is 65.2 Å². The van der Waals surface area contributed by atoms with Crippen LogP contribution in [0.1, 0.15) is 21.5 Å². The second-order valence-corrected chi connectivity index (χ2v) is 6.98. The van der Waals surface area contributed by atoms with E-state index in [1.54, 1.807) is 12.0 Å². The van der Waals surface area contributed by atoms with Gasteiger partial charge in [-0.15, -0.1) is 10.2 Å². The lowest BCUT2D eigenvalue weighted by molar-refractivity contribution is 0.0975. The van der Waals surface area contributed by atoms with Gasteiger partial charge < -0.3 is 4.74 Å². The van der Waals surface area contributed by atoms with E-state index in [-0.39, 0.29) is 5.91 Å². The number of amides is 1. The molecule has 0 atom stereocenters. The third kappa shape index (κ3) is 3.98. The Bertz CT molecular complexity index is 907. The fourth-order valence-electron chi connectivity index (χ4n) is 2.65. The van der Waals surface area contributed by atoms with Crippen molar-refractivity contribution in [2.45, 2.75) is 13.8 Å².